The van der Waals surface area contributed by atoms with Crippen LogP contribution in [0, 0.1) is 11.7 Å². The van der Waals surface area contributed by atoms with Crippen LogP contribution in [0.4, 0.5) is 10.1 Å². The Hall–Kier alpha value is -2.31. The molecule has 0 heterocycles. The first-order valence-electron chi connectivity index (χ1n) is 9.35. The molecule has 4 nitrogen and oxygen atoms in total. The Bertz CT molecular complexity index is 982. The van der Waals surface area contributed by atoms with Crippen LogP contribution in [0.2, 0.25) is 0 Å². The van der Waals surface area contributed by atoms with Crippen molar-refractivity contribution >= 4 is 33.2 Å². The summed E-state index contributed by atoms with van der Waals surface area (Å²) in [6.45, 7) is 4.42. The predicted molar refractivity (Wildman–Crippen MR) is 114 cm³/mol. The van der Waals surface area contributed by atoms with Gasteiger partial charge in [0, 0.05) is 33.8 Å². The van der Waals surface area contributed by atoms with Crippen LogP contribution in [0.25, 0.3) is 0 Å². The van der Waals surface area contributed by atoms with Crippen LogP contribution < -0.4 is 5.32 Å². The van der Waals surface area contributed by atoms with Crippen LogP contribution in [0.5, 0.6) is 0 Å². The number of hydrogen-bond donors (Lipinski definition) is 2. The highest BCUT2D eigenvalue weighted by Crippen LogP contribution is 2.47. The van der Waals surface area contributed by atoms with E-state index in [-0.39, 0.29) is 18.0 Å². The Morgan fingerprint density at radius 2 is 1.83 bits per heavy atom. The van der Waals surface area contributed by atoms with Gasteiger partial charge in [0.2, 0.25) is 0 Å². The summed E-state index contributed by atoms with van der Waals surface area (Å²) in [5.74, 6) is -2.53. The lowest BCUT2D eigenvalue weighted by Crippen LogP contribution is -2.48. The Morgan fingerprint density at radius 1 is 1.17 bits per heavy atom. The quantitative estimate of drug-likeness (QED) is 0.660. The number of rotatable bonds is 5. The van der Waals surface area contributed by atoms with Crippen molar-refractivity contribution < 1.29 is 19.1 Å². The molecule has 0 aliphatic heterocycles. The summed E-state index contributed by atoms with van der Waals surface area (Å²) >= 11 is 3.39. The molecule has 1 aliphatic rings. The molecule has 29 heavy (non-hydrogen) atoms. The standard InChI is InChI=1S/C23H23BrFNO3/c1-13(27)20-19(26-18-9-7-16(24)8-10-18)12-23(3,29)22(14(2)28)21(20)15-5-4-6-17(25)11-15/h4-11,21-22,26,29H,12H2,1-3H3/t21-,22-,23+/m0/s1. The minimum absolute atomic E-state index is 0.105. The van der Waals surface area contributed by atoms with Crippen molar-refractivity contribution in [3.8, 4) is 0 Å². The fourth-order valence-corrected chi connectivity index (χ4v) is 4.52. The second kappa shape index (κ2) is 8.20. The van der Waals surface area contributed by atoms with Gasteiger partial charge in [-0.1, -0.05) is 28.1 Å². The monoisotopic (exact) mass is 459 g/mol. The number of anilines is 1. The second-order valence-electron chi connectivity index (χ2n) is 7.74. The molecule has 0 saturated carbocycles. The van der Waals surface area contributed by atoms with Crippen LogP contribution in [0.1, 0.15) is 38.7 Å². The van der Waals surface area contributed by atoms with Crippen LogP contribution in [-0.2, 0) is 9.59 Å². The summed E-state index contributed by atoms with van der Waals surface area (Å²) < 4.78 is 14.9. The maximum absolute atomic E-state index is 14.0. The van der Waals surface area contributed by atoms with Gasteiger partial charge in [0.1, 0.15) is 11.6 Å². The third-order valence-corrected chi connectivity index (χ3v) is 5.87. The molecule has 2 aromatic rings. The molecule has 0 saturated heterocycles. The van der Waals surface area contributed by atoms with Gasteiger partial charge in [-0.3, -0.25) is 9.59 Å². The van der Waals surface area contributed by atoms with Crippen LogP contribution in [-0.4, -0.2) is 22.3 Å². The summed E-state index contributed by atoms with van der Waals surface area (Å²) in [7, 11) is 0. The third-order valence-electron chi connectivity index (χ3n) is 5.34. The number of hydrogen-bond acceptors (Lipinski definition) is 4. The Labute approximate surface area is 178 Å². The summed E-state index contributed by atoms with van der Waals surface area (Å²) in [6, 6.07) is 13.3. The van der Waals surface area contributed by atoms with E-state index in [0.29, 0.717) is 16.8 Å². The van der Waals surface area contributed by atoms with Crippen molar-refractivity contribution in [2.24, 2.45) is 5.92 Å². The zero-order valence-corrected chi connectivity index (χ0v) is 18.1. The second-order valence-corrected chi connectivity index (χ2v) is 8.65. The Balaban J connectivity index is 2.21. The third kappa shape index (κ3) is 4.49. The van der Waals surface area contributed by atoms with Crippen molar-refractivity contribution in [2.75, 3.05) is 5.32 Å². The van der Waals surface area contributed by atoms with E-state index in [1.54, 1.807) is 19.1 Å². The molecule has 6 heteroatoms. The van der Waals surface area contributed by atoms with Crippen LogP contribution >= 0.6 is 15.9 Å². The molecule has 3 rings (SSSR count). The average Bonchev–Trinajstić information content (AvgIpc) is 2.61. The van der Waals surface area contributed by atoms with Gasteiger partial charge in [0.05, 0.1) is 11.5 Å². The average molecular weight is 460 g/mol. The molecule has 1 aliphatic carbocycles. The van der Waals surface area contributed by atoms with E-state index in [0.717, 1.165) is 10.2 Å². The number of benzene rings is 2. The minimum Gasteiger partial charge on any atom is -0.389 e. The predicted octanol–water partition coefficient (Wildman–Crippen LogP) is 4.99. The van der Waals surface area contributed by atoms with E-state index in [1.807, 2.05) is 24.3 Å². The summed E-state index contributed by atoms with van der Waals surface area (Å²) in [5, 5.41) is 14.4. The topological polar surface area (TPSA) is 66.4 Å². The maximum Gasteiger partial charge on any atom is 0.158 e. The molecule has 3 atom stereocenters. The van der Waals surface area contributed by atoms with Gasteiger partial charge >= 0.3 is 0 Å². The van der Waals surface area contributed by atoms with E-state index >= 15 is 0 Å². The number of nitrogens with one attached hydrogen (secondary N) is 1. The van der Waals surface area contributed by atoms with Gasteiger partial charge in [-0.05, 0) is 62.7 Å². The molecule has 152 valence electrons. The van der Waals surface area contributed by atoms with Crippen molar-refractivity contribution in [3.63, 3.8) is 0 Å². The lowest BCUT2D eigenvalue weighted by molar-refractivity contribution is -0.131. The zero-order valence-electron chi connectivity index (χ0n) is 16.5. The smallest absolute Gasteiger partial charge is 0.158 e. The minimum atomic E-state index is -1.40. The first-order valence-corrected chi connectivity index (χ1v) is 10.1. The van der Waals surface area contributed by atoms with E-state index in [4.69, 9.17) is 0 Å². The molecule has 0 radical (unpaired) electrons. The highest BCUT2D eigenvalue weighted by Gasteiger charge is 2.49. The highest BCUT2D eigenvalue weighted by atomic mass is 79.9. The normalized spacial score (nSPS) is 24.3. The fraction of sp³-hybridized carbons (Fsp3) is 0.304. The van der Waals surface area contributed by atoms with Crippen molar-refractivity contribution in [2.45, 2.75) is 38.7 Å². The number of Topliss-reactive ketones (excluding diaryl/α,β-unsaturated/α-hetero) is 2. The van der Waals surface area contributed by atoms with Crippen molar-refractivity contribution in [1.29, 1.82) is 0 Å². The zero-order chi connectivity index (χ0) is 21.3. The molecular weight excluding hydrogens is 437 g/mol. The Kier molecular flexibility index (Phi) is 6.05. The van der Waals surface area contributed by atoms with Gasteiger partial charge in [-0.15, -0.1) is 0 Å². The molecule has 0 amide bonds. The van der Waals surface area contributed by atoms with Crippen LogP contribution in [0.3, 0.4) is 0 Å². The first kappa shape index (κ1) is 21.4. The molecule has 0 spiro atoms. The fourth-order valence-electron chi connectivity index (χ4n) is 4.26. The molecule has 2 aromatic carbocycles. The number of carbonyl (C=O) groups excluding carboxylic acids is 2. The van der Waals surface area contributed by atoms with Gasteiger partial charge < -0.3 is 10.4 Å². The lowest BCUT2D eigenvalue weighted by atomic mass is 9.64. The number of allylic oxidation sites excluding steroid dienone is 1. The molecular formula is C23H23BrFNO3. The molecule has 0 bridgehead atoms. The van der Waals surface area contributed by atoms with E-state index in [9.17, 15) is 19.1 Å². The van der Waals surface area contributed by atoms with Crippen molar-refractivity contribution in [3.05, 3.63) is 75.7 Å². The van der Waals surface area contributed by atoms with Crippen LogP contribution in [0.15, 0.2) is 64.3 Å². The Morgan fingerprint density at radius 3 is 2.38 bits per heavy atom. The van der Waals surface area contributed by atoms with Gasteiger partial charge in [-0.25, -0.2) is 4.39 Å². The number of halogens is 2. The number of aliphatic hydroxyl groups is 1. The first-order chi connectivity index (χ1) is 13.6. The van der Waals surface area contributed by atoms with E-state index in [2.05, 4.69) is 21.2 Å². The molecule has 0 unspecified atom stereocenters. The van der Waals surface area contributed by atoms with E-state index in [1.165, 1.54) is 26.0 Å². The summed E-state index contributed by atoms with van der Waals surface area (Å²) in [4.78, 5) is 25.2. The summed E-state index contributed by atoms with van der Waals surface area (Å²) in [5.41, 5.74) is 0.767. The molecule has 2 N–H and O–H groups in total. The van der Waals surface area contributed by atoms with Gasteiger partial charge in [-0.2, -0.15) is 0 Å². The highest BCUT2D eigenvalue weighted by molar-refractivity contribution is 9.10. The SMILES string of the molecule is CC(=O)C1=C(Nc2ccc(Br)cc2)C[C@@](C)(O)[C@@H](C(C)=O)[C@H]1c1cccc(F)c1. The molecule has 0 fully saturated rings. The van der Waals surface area contributed by atoms with E-state index < -0.39 is 23.3 Å². The lowest BCUT2D eigenvalue weighted by Gasteiger charge is -2.43. The summed E-state index contributed by atoms with van der Waals surface area (Å²) in [6.07, 6.45) is 0.105. The number of ketones is 2. The molecule has 0 aromatic heterocycles. The van der Waals surface area contributed by atoms with Crippen molar-refractivity contribution in [1.82, 2.24) is 0 Å². The van der Waals surface area contributed by atoms with Gasteiger partial charge in [0.25, 0.3) is 0 Å². The maximum atomic E-state index is 14.0. The largest absolute Gasteiger partial charge is 0.389 e. The van der Waals surface area contributed by atoms with Gasteiger partial charge in [0.15, 0.2) is 5.78 Å². The number of carbonyl (C=O) groups is 2.